The van der Waals surface area contributed by atoms with Gasteiger partial charge in [0.15, 0.2) is 11.5 Å². The number of fused-ring (bicyclic) bond motifs is 3. The minimum atomic E-state index is -0.419. The van der Waals surface area contributed by atoms with E-state index in [-0.39, 0.29) is 12.5 Å². The zero-order valence-corrected chi connectivity index (χ0v) is 18.6. The zero-order valence-electron chi connectivity index (χ0n) is 18.6. The van der Waals surface area contributed by atoms with Crippen LogP contribution in [-0.4, -0.2) is 34.3 Å². The Morgan fingerprint density at radius 2 is 1.91 bits per heavy atom. The second kappa shape index (κ2) is 8.70. The monoisotopic (exact) mass is 436 g/mol. The molecule has 0 radical (unpaired) electrons. The van der Waals surface area contributed by atoms with Crippen LogP contribution in [0.15, 0.2) is 41.2 Å². The number of anilines is 1. The van der Waals surface area contributed by atoms with Gasteiger partial charge in [-0.25, -0.2) is 9.78 Å². The predicted molar refractivity (Wildman–Crippen MR) is 120 cm³/mol. The Bertz CT molecular complexity index is 1370. The molecular weight excluding hydrogens is 410 g/mol. The summed E-state index contributed by atoms with van der Waals surface area (Å²) in [6.45, 7) is 3.80. The molecule has 0 aliphatic heterocycles. The molecule has 0 aliphatic carbocycles. The number of nitrogens with zero attached hydrogens (tertiary/aromatic N) is 3. The fraction of sp³-hybridized carbons (Fsp3) is 0.304. The third-order valence-corrected chi connectivity index (χ3v) is 5.25. The number of hydrogen-bond donors (Lipinski definition) is 1. The van der Waals surface area contributed by atoms with E-state index in [0.29, 0.717) is 46.0 Å². The van der Waals surface area contributed by atoms with Gasteiger partial charge in [-0.3, -0.25) is 9.36 Å². The van der Waals surface area contributed by atoms with Crippen LogP contribution in [0.2, 0.25) is 0 Å². The molecule has 0 saturated heterocycles. The number of amides is 1. The van der Waals surface area contributed by atoms with E-state index in [1.54, 1.807) is 19.2 Å². The molecule has 1 amide bonds. The molecule has 0 aliphatic rings. The molecule has 32 heavy (non-hydrogen) atoms. The molecule has 2 aromatic heterocycles. The van der Waals surface area contributed by atoms with Gasteiger partial charge in [0.2, 0.25) is 5.91 Å². The summed E-state index contributed by atoms with van der Waals surface area (Å²) in [5, 5.41) is 7.99. The number of benzene rings is 2. The average Bonchev–Trinajstić information content (AvgIpc) is 3.20. The van der Waals surface area contributed by atoms with Gasteiger partial charge in [0.05, 0.1) is 30.2 Å². The molecule has 4 rings (SSSR count). The van der Waals surface area contributed by atoms with E-state index >= 15 is 0 Å². The summed E-state index contributed by atoms with van der Waals surface area (Å²) in [6.07, 6.45) is 1.58. The number of carbonyl (C=O) groups is 1. The molecule has 2 N–H and O–H groups in total. The molecule has 4 aromatic rings. The Morgan fingerprint density at radius 1 is 1.16 bits per heavy atom. The van der Waals surface area contributed by atoms with E-state index in [0.717, 1.165) is 12.0 Å². The van der Waals surface area contributed by atoms with E-state index < -0.39 is 5.69 Å². The summed E-state index contributed by atoms with van der Waals surface area (Å²) in [5.41, 5.74) is 2.37. The number of aromatic nitrogens is 4. The Hall–Kier alpha value is -3.88. The molecule has 166 valence electrons. The topological polar surface area (TPSA) is 101 Å². The first-order valence-electron chi connectivity index (χ1n) is 10.4. The van der Waals surface area contributed by atoms with E-state index in [4.69, 9.17) is 9.47 Å². The molecule has 2 aromatic carbocycles. The van der Waals surface area contributed by atoms with Gasteiger partial charge in [-0.1, -0.05) is 19.1 Å². The van der Waals surface area contributed by atoms with Crippen molar-refractivity contribution in [3.05, 3.63) is 58.3 Å². The third kappa shape index (κ3) is 3.89. The summed E-state index contributed by atoms with van der Waals surface area (Å²) >= 11 is 0. The number of ether oxygens (including phenoxy) is 2. The van der Waals surface area contributed by atoms with Gasteiger partial charge in [-0.2, -0.15) is 0 Å². The van der Waals surface area contributed by atoms with Crippen LogP contribution in [0.5, 0.6) is 11.5 Å². The van der Waals surface area contributed by atoms with Crippen LogP contribution in [0.25, 0.3) is 16.6 Å². The highest BCUT2D eigenvalue weighted by Gasteiger charge is 2.24. The highest BCUT2D eigenvalue weighted by molar-refractivity contribution is 5.95. The van der Waals surface area contributed by atoms with Crippen molar-refractivity contribution in [3.63, 3.8) is 0 Å². The van der Waals surface area contributed by atoms with Crippen molar-refractivity contribution in [1.82, 2.24) is 14.2 Å². The number of carbonyl (C=O) groups excluding carboxylic acids is 1. The Labute approximate surface area is 184 Å². The second-order valence-electron chi connectivity index (χ2n) is 7.59. The van der Waals surface area contributed by atoms with E-state index in [2.05, 4.69) is 15.4 Å². The molecule has 0 bridgehead atoms. The van der Waals surface area contributed by atoms with Crippen LogP contribution < -0.4 is 25.5 Å². The number of rotatable bonds is 7. The molecule has 0 fully saturated rings. The van der Waals surface area contributed by atoms with Gasteiger partial charge in [-0.15, -0.1) is 0 Å². The van der Waals surface area contributed by atoms with E-state index in [1.807, 2.05) is 38.1 Å². The number of aromatic amines is 1. The smallest absolute Gasteiger partial charge is 0.424 e. The summed E-state index contributed by atoms with van der Waals surface area (Å²) in [5.74, 6) is 1.36. The lowest BCUT2D eigenvalue weighted by molar-refractivity contribution is -0.358. The Morgan fingerprint density at radius 3 is 2.59 bits per heavy atom. The van der Waals surface area contributed by atoms with Gasteiger partial charge in [0.1, 0.15) is 6.54 Å². The lowest BCUT2D eigenvalue weighted by Crippen LogP contribution is -2.33. The van der Waals surface area contributed by atoms with Gasteiger partial charge in [-0.05, 0) is 35.6 Å². The summed E-state index contributed by atoms with van der Waals surface area (Å²) in [6, 6.07) is 11.0. The molecule has 0 saturated carbocycles. The maximum Gasteiger partial charge on any atom is 0.424 e. The van der Waals surface area contributed by atoms with Crippen LogP contribution in [0.4, 0.5) is 5.69 Å². The normalized spacial score (nSPS) is 11.1. The molecule has 2 heterocycles. The van der Waals surface area contributed by atoms with Crippen LogP contribution in [-0.2, 0) is 17.8 Å². The number of H-pyrrole nitrogens is 1. The van der Waals surface area contributed by atoms with Crippen molar-refractivity contribution >= 4 is 28.1 Å². The van der Waals surface area contributed by atoms with Gasteiger partial charge >= 0.3 is 5.69 Å². The van der Waals surface area contributed by atoms with Crippen molar-refractivity contribution in [1.29, 1.82) is 0 Å². The molecule has 9 heteroatoms. The van der Waals surface area contributed by atoms with Crippen molar-refractivity contribution in [3.8, 4) is 11.5 Å². The van der Waals surface area contributed by atoms with Gasteiger partial charge in [0, 0.05) is 24.2 Å². The van der Waals surface area contributed by atoms with Crippen LogP contribution in [0, 0.1) is 6.92 Å². The number of hydrogen-bond acceptors (Lipinski definition) is 5. The first-order valence-corrected chi connectivity index (χ1v) is 10.4. The van der Waals surface area contributed by atoms with Crippen molar-refractivity contribution in [2.75, 3.05) is 19.5 Å². The fourth-order valence-corrected chi connectivity index (χ4v) is 3.77. The first kappa shape index (κ1) is 21.4. The van der Waals surface area contributed by atoms with Crippen molar-refractivity contribution in [2.45, 2.75) is 33.2 Å². The zero-order chi connectivity index (χ0) is 22.8. The van der Waals surface area contributed by atoms with Crippen LogP contribution in [0.1, 0.15) is 24.7 Å². The first-order chi connectivity index (χ1) is 15.4. The Kier molecular flexibility index (Phi) is 5.81. The molecule has 0 spiro atoms. The molecule has 9 nitrogen and oxygen atoms in total. The highest BCUT2D eigenvalue weighted by atomic mass is 16.5. The summed E-state index contributed by atoms with van der Waals surface area (Å²) < 4.78 is 13.6. The number of nitrogens with one attached hydrogen (secondary N) is 2. The Balaban J connectivity index is 1.88. The maximum absolute atomic E-state index is 13.3. The number of aryl methyl sites for hydroxylation is 2. The predicted octanol–water partition coefficient (Wildman–Crippen LogP) is 2.38. The summed E-state index contributed by atoms with van der Waals surface area (Å²) in [7, 11) is 3.08. The van der Waals surface area contributed by atoms with E-state index in [9.17, 15) is 9.59 Å². The lowest BCUT2D eigenvalue weighted by atomic mass is 10.2. The molecule has 0 unspecified atom stereocenters. The highest BCUT2D eigenvalue weighted by Crippen LogP contribution is 2.32. The van der Waals surface area contributed by atoms with Crippen LogP contribution >= 0.6 is 0 Å². The second-order valence-corrected chi connectivity index (χ2v) is 7.59. The molecule has 0 atom stereocenters. The van der Waals surface area contributed by atoms with Gasteiger partial charge in [0.25, 0.3) is 11.5 Å². The maximum atomic E-state index is 13.3. The quantitative estimate of drug-likeness (QED) is 0.479. The minimum Gasteiger partial charge on any atom is -0.493 e. The van der Waals surface area contributed by atoms with Gasteiger partial charge < -0.3 is 14.8 Å². The van der Waals surface area contributed by atoms with Crippen molar-refractivity contribution < 1.29 is 19.3 Å². The standard InChI is InChI=1S/C23H25N5O4/c1-5-7-20-25-22-16-11-18(31-3)19(32-4)12-17(16)27(23(30)28(22)26-20)13-21(29)24-15-9-6-8-14(2)10-15/h6,8-12H,5,7,13H2,1-4H3,(H,24,29)/p+1. The van der Waals surface area contributed by atoms with Crippen molar-refractivity contribution in [2.24, 2.45) is 0 Å². The third-order valence-electron chi connectivity index (χ3n) is 5.25. The SMILES string of the molecule is CCCc1nn2c(=O)n(CC(=O)Nc3cccc(C)c3)c3cc(OC)c(OC)cc3c2[nH+]1. The minimum absolute atomic E-state index is 0.183. The largest absolute Gasteiger partial charge is 0.493 e. The number of methoxy groups -OCH3 is 2. The lowest BCUT2D eigenvalue weighted by Gasteiger charge is -2.13. The van der Waals surface area contributed by atoms with E-state index in [1.165, 1.54) is 16.2 Å². The molecular formula is C23H26N5O4+. The average molecular weight is 436 g/mol. The van der Waals surface area contributed by atoms with Crippen LogP contribution in [0.3, 0.4) is 0 Å². The fourth-order valence-electron chi connectivity index (χ4n) is 3.77. The summed E-state index contributed by atoms with van der Waals surface area (Å²) in [4.78, 5) is 29.4.